The summed E-state index contributed by atoms with van der Waals surface area (Å²) in [5.41, 5.74) is 5.24. The number of sulfonamides is 1. The van der Waals surface area contributed by atoms with Crippen molar-refractivity contribution in [3.05, 3.63) is 22.4 Å². The van der Waals surface area contributed by atoms with Crippen molar-refractivity contribution in [3.8, 4) is 0 Å². The smallest absolute Gasteiger partial charge is 0.241 e. The minimum absolute atomic E-state index is 0.0237. The Bertz CT molecular complexity index is 571. The zero-order valence-corrected chi connectivity index (χ0v) is 12.7. The van der Waals surface area contributed by atoms with Crippen LogP contribution in [0.1, 0.15) is 25.7 Å². The maximum Gasteiger partial charge on any atom is 0.241 e. The van der Waals surface area contributed by atoms with E-state index < -0.39 is 15.8 Å². The zero-order valence-electron chi connectivity index (χ0n) is 10.3. The largest absolute Gasteiger partial charge is 0.396 e. The van der Waals surface area contributed by atoms with Crippen molar-refractivity contribution in [2.45, 2.75) is 30.6 Å². The Morgan fingerprint density at radius 1 is 1.37 bits per heavy atom. The molecule has 3 N–H and O–H groups in total. The lowest BCUT2D eigenvalue weighted by Crippen LogP contribution is -2.29. The van der Waals surface area contributed by atoms with Crippen LogP contribution in [0.3, 0.4) is 0 Å². The fourth-order valence-electron chi connectivity index (χ4n) is 2.27. The topological polar surface area (TPSA) is 72.2 Å². The summed E-state index contributed by atoms with van der Waals surface area (Å²) in [5, 5.41) is 0. The van der Waals surface area contributed by atoms with E-state index in [1.54, 1.807) is 0 Å². The lowest BCUT2D eigenvalue weighted by Gasteiger charge is -2.13. The first-order valence-electron chi connectivity index (χ1n) is 6.14. The summed E-state index contributed by atoms with van der Waals surface area (Å²) in [5.74, 6) is -0.243. The minimum atomic E-state index is -3.66. The molecule has 0 heterocycles. The quantitative estimate of drug-likeness (QED) is 0.820. The third-order valence-corrected chi connectivity index (χ3v) is 5.76. The Kier molecular flexibility index (Phi) is 4.47. The van der Waals surface area contributed by atoms with Gasteiger partial charge in [0.05, 0.1) is 10.6 Å². The molecule has 7 heteroatoms. The Hall–Kier alpha value is -0.660. The Morgan fingerprint density at radius 3 is 2.63 bits per heavy atom. The Morgan fingerprint density at radius 2 is 2.00 bits per heavy atom. The number of rotatable bonds is 4. The van der Waals surface area contributed by atoms with Crippen molar-refractivity contribution in [1.29, 1.82) is 0 Å². The second-order valence-corrected chi connectivity index (χ2v) is 7.40. The van der Waals surface area contributed by atoms with Gasteiger partial charge in [-0.2, -0.15) is 0 Å². The average Bonchev–Trinajstić information content (AvgIpc) is 2.84. The number of nitrogen functional groups attached to an aromatic ring is 1. The molecule has 1 fully saturated rings. The normalized spacial score (nSPS) is 16.9. The van der Waals surface area contributed by atoms with Gasteiger partial charge in [0.25, 0.3) is 0 Å². The Balaban J connectivity index is 2.16. The minimum Gasteiger partial charge on any atom is -0.396 e. The fraction of sp³-hybridized carbons (Fsp3) is 0.500. The number of nitrogens with one attached hydrogen (secondary N) is 1. The molecular weight excluding hydrogens is 335 g/mol. The van der Waals surface area contributed by atoms with E-state index in [1.807, 2.05) is 0 Å². The van der Waals surface area contributed by atoms with Gasteiger partial charge in [-0.25, -0.2) is 17.5 Å². The molecule has 1 saturated carbocycles. The molecular formula is C12H16BrFN2O2S. The monoisotopic (exact) mass is 350 g/mol. The molecule has 0 aliphatic heterocycles. The molecule has 1 aliphatic carbocycles. The summed E-state index contributed by atoms with van der Waals surface area (Å²) in [7, 11) is -3.66. The standard InChI is InChI=1S/C12H16BrFN2O2S/c13-9-5-10(14)11(15)6-12(9)19(17,18)16-7-8-3-1-2-4-8/h5-6,8,16H,1-4,7,15H2. The van der Waals surface area contributed by atoms with Gasteiger partial charge in [0, 0.05) is 11.0 Å². The molecule has 106 valence electrons. The molecule has 19 heavy (non-hydrogen) atoms. The van der Waals surface area contributed by atoms with Crippen LogP contribution in [-0.2, 0) is 10.0 Å². The van der Waals surface area contributed by atoms with Crippen molar-refractivity contribution in [2.24, 2.45) is 5.92 Å². The summed E-state index contributed by atoms with van der Waals surface area (Å²) in [6.45, 7) is 0.423. The highest BCUT2D eigenvalue weighted by molar-refractivity contribution is 9.10. The number of hydrogen-bond donors (Lipinski definition) is 2. The number of nitrogens with two attached hydrogens (primary N) is 1. The Labute approximate surface area is 120 Å². The van der Waals surface area contributed by atoms with Crippen molar-refractivity contribution in [3.63, 3.8) is 0 Å². The molecule has 1 aromatic carbocycles. The first-order chi connectivity index (χ1) is 8.90. The van der Waals surface area contributed by atoms with E-state index >= 15 is 0 Å². The maximum atomic E-state index is 13.2. The lowest BCUT2D eigenvalue weighted by molar-refractivity contribution is 0.519. The van der Waals surface area contributed by atoms with Crippen molar-refractivity contribution in [1.82, 2.24) is 4.72 Å². The van der Waals surface area contributed by atoms with Crippen LogP contribution in [0.15, 0.2) is 21.5 Å². The summed E-state index contributed by atoms with van der Waals surface area (Å²) >= 11 is 3.06. The molecule has 0 radical (unpaired) electrons. The number of anilines is 1. The van der Waals surface area contributed by atoms with Crippen LogP contribution in [0.5, 0.6) is 0 Å². The van der Waals surface area contributed by atoms with E-state index in [2.05, 4.69) is 20.7 Å². The first kappa shape index (κ1) is 14.7. The van der Waals surface area contributed by atoms with Crippen LogP contribution in [0.25, 0.3) is 0 Å². The predicted octanol–water partition coefficient (Wildman–Crippen LogP) is 2.64. The van der Waals surface area contributed by atoms with Gasteiger partial charge < -0.3 is 5.73 Å². The van der Waals surface area contributed by atoms with Gasteiger partial charge in [0.1, 0.15) is 5.82 Å². The molecule has 2 rings (SSSR count). The van der Waals surface area contributed by atoms with Gasteiger partial charge in [-0.05, 0) is 46.8 Å². The summed E-state index contributed by atoms with van der Waals surface area (Å²) < 4.78 is 40.3. The summed E-state index contributed by atoms with van der Waals surface area (Å²) in [6.07, 6.45) is 4.41. The van der Waals surface area contributed by atoms with Crippen LogP contribution in [0.4, 0.5) is 10.1 Å². The first-order valence-corrected chi connectivity index (χ1v) is 8.42. The molecule has 0 saturated heterocycles. The highest BCUT2D eigenvalue weighted by Gasteiger charge is 2.22. The molecule has 1 aliphatic rings. The molecule has 0 aromatic heterocycles. The van der Waals surface area contributed by atoms with E-state index in [0.29, 0.717) is 12.5 Å². The average molecular weight is 351 g/mol. The molecule has 0 amide bonds. The van der Waals surface area contributed by atoms with Crippen molar-refractivity contribution in [2.75, 3.05) is 12.3 Å². The highest BCUT2D eigenvalue weighted by Crippen LogP contribution is 2.28. The van der Waals surface area contributed by atoms with Gasteiger partial charge in [-0.3, -0.25) is 0 Å². The second-order valence-electron chi connectivity index (χ2n) is 4.81. The van der Waals surface area contributed by atoms with Crippen LogP contribution >= 0.6 is 15.9 Å². The van der Waals surface area contributed by atoms with E-state index in [4.69, 9.17) is 5.73 Å². The molecule has 1 aromatic rings. The van der Waals surface area contributed by atoms with Gasteiger partial charge in [-0.1, -0.05) is 12.8 Å². The van der Waals surface area contributed by atoms with Gasteiger partial charge in [-0.15, -0.1) is 0 Å². The molecule has 4 nitrogen and oxygen atoms in total. The van der Waals surface area contributed by atoms with Crippen LogP contribution in [0.2, 0.25) is 0 Å². The van der Waals surface area contributed by atoms with Crippen molar-refractivity contribution >= 4 is 31.6 Å². The van der Waals surface area contributed by atoms with E-state index in [1.165, 1.54) is 0 Å². The molecule has 0 unspecified atom stereocenters. The molecule has 0 atom stereocenters. The highest BCUT2D eigenvalue weighted by atomic mass is 79.9. The van der Waals surface area contributed by atoms with E-state index in [-0.39, 0.29) is 15.1 Å². The third kappa shape index (κ3) is 3.46. The zero-order chi connectivity index (χ0) is 14.0. The SMILES string of the molecule is Nc1cc(S(=O)(=O)NCC2CCCC2)c(Br)cc1F. The second kappa shape index (κ2) is 5.76. The molecule has 0 bridgehead atoms. The fourth-order valence-corrected chi connectivity index (χ4v) is 4.43. The van der Waals surface area contributed by atoms with Gasteiger partial charge in [0.2, 0.25) is 10.0 Å². The summed E-state index contributed by atoms with van der Waals surface area (Å²) in [4.78, 5) is -0.0237. The van der Waals surface area contributed by atoms with Crippen LogP contribution in [0, 0.1) is 11.7 Å². The summed E-state index contributed by atoms with van der Waals surface area (Å²) in [6, 6.07) is 2.20. The van der Waals surface area contributed by atoms with Gasteiger partial charge in [0.15, 0.2) is 0 Å². The van der Waals surface area contributed by atoms with E-state index in [9.17, 15) is 12.8 Å². The van der Waals surface area contributed by atoms with Crippen LogP contribution in [-0.4, -0.2) is 15.0 Å². The van der Waals surface area contributed by atoms with Crippen molar-refractivity contribution < 1.29 is 12.8 Å². The lowest BCUT2D eigenvalue weighted by atomic mass is 10.1. The van der Waals surface area contributed by atoms with Gasteiger partial charge >= 0.3 is 0 Å². The van der Waals surface area contributed by atoms with E-state index in [0.717, 1.165) is 37.8 Å². The number of benzene rings is 1. The maximum absolute atomic E-state index is 13.2. The predicted molar refractivity (Wildman–Crippen MR) is 75.7 cm³/mol. The third-order valence-electron chi connectivity index (χ3n) is 3.38. The number of halogens is 2. The van der Waals surface area contributed by atoms with Crippen LogP contribution < -0.4 is 10.5 Å². The molecule has 0 spiro atoms. The number of hydrogen-bond acceptors (Lipinski definition) is 3.